The van der Waals surface area contributed by atoms with Crippen LogP contribution in [0.4, 0.5) is 5.69 Å². The van der Waals surface area contributed by atoms with Crippen molar-refractivity contribution in [1.82, 2.24) is 4.90 Å². The van der Waals surface area contributed by atoms with Crippen LogP contribution in [-0.4, -0.2) is 23.9 Å². The Morgan fingerprint density at radius 1 is 1.29 bits per heavy atom. The Labute approximate surface area is 136 Å². The van der Waals surface area contributed by atoms with Crippen molar-refractivity contribution in [2.45, 2.75) is 40.0 Å². The molecule has 0 radical (unpaired) electrons. The first-order valence-corrected chi connectivity index (χ1v) is 8.43. The number of anilines is 1. The van der Waals surface area contributed by atoms with Crippen molar-refractivity contribution in [3.8, 4) is 0 Å². The number of hydrogen-bond acceptors (Lipinski definition) is 2. The van der Waals surface area contributed by atoms with E-state index in [0.717, 1.165) is 25.9 Å². The average Bonchev–Trinajstić information content (AvgIpc) is 2.66. The highest BCUT2D eigenvalue weighted by atomic mass is 79.9. The zero-order valence-electron chi connectivity index (χ0n) is 13.2. The van der Waals surface area contributed by atoms with E-state index in [-0.39, 0.29) is 5.91 Å². The summed E-state index contributed by atoms with van der Waals surface area (Å²) in [6.07, 6.45) is 3.36. The van der Waals surface area contributed by atoms with Gasteiger partial charge in [-0.3, -0.25) is 4.79 Å². The highest BCUT2D eigenvalue weighted by Crippen LogP contribution is 2.35. The van der Waals surface area contributed by atoms with Crippen LogP contribution in [0.15, 0.2) is 22.7 Å². The first-order chi connectivity index (χ1) is 9.80. The number of benzene rings is 1. The van der Waals surface area contributed by atoms with Crippen molar-refractivity contribution in [2.24, 2.45) is 11.3 Å². The number of hydrogen-bond donors (Lipinski definition) is 1. The summed E-state index contributed by atoms with van der Waals surface area (Å²) in [4.78, 5) is 14.7. The summed E-state index contributed by atoms with van der Waals surface area (Å²) < 4.78 is 0.714. The molecule has 0 spiro atoms. The lowest BCUT2D eigenvalue weighted by atomic mass is 9.77. The van der Waals surface area contributed by atoms with Crippen LogP contribution in [0, 0.1) is 11.3 Å². The van der Waals surface area contributed by atoms with E-state index in [1.807, 2.05) is 17.0 Å². The molecule has 2 rings (SSSR count). The summed E-state index contributed by atoms with van der Waals surface area (Å²) in [5, 5.41) is 0. The van der Waals surface area contributed by atoms with Crippen LogP contribution >= 0.6 is 15.9 Å². The summed E-state index contributed by atoms with van der Waals surface area (Å²) in [6.45, 7) is 8.56. The van der Waals surface area contributed by atoms with Gasteiger partial charge in [0.25, 0.3) is 5.91 Å². The molecule has 116 valence electrons. The summed E-state index contributed by atoms with van der Waals surface area (Å²) >= 11 is 3.44. The average molecular weight is 353 g/mol. The van der Waals surface area contributed by atoms with E-state index in [2.05, 4.69) is 36.7 Å². The normalized spacial score (nSPS) is 20.2. The molecule has 21 heavy (non-hydrogen) atoms. The number of likely N-dealkylation sites (tertiary alicyclic amines) is 1. The number of nitrogens with two attached hydrogens (primary N) is 1. The summed E-state index contributed by atoms with van der Waals surface area (Å²) in [5.41, 5.74) is 7.48. The molecule has 0 aromatic heterocycles. The highest BCUT2D eigenvalue weighted by molar-refractivity contribution is 9.10. The molecule has 1 aromatic rings. The monoisotopic (exact) mass is 352 g/mol. The molecule has 1 amide bonds. The molecule has 1 aliphatic rings. The van der Waals surface area contributed by atoms with Gasteiger partial charge in [0.15, 0.2) is 0 Å². The third-order valence-electron chi connectivity index (χ3n) is 4.50. The summed E-state index contributed by atoms with van der Waals surface area (Å²) in [6, 6.07) is 5.48. The summed E-state index contributed by atoms with van der Waals surface area (Å²) in [7, 11) is 0. The van der Waals surface area contributed by atoms with Crippen LogP contribution in [0.1, 0.15) is 50.4 Å². The maximum absolute atomic E-state index is 12.7. The molecule has 1 atom stereocenters. The molecular weight excluding hydrogens is 328 g/mol. The quantitative estimate of drug-likeness (QED) is 0.765. The largest absolute Gasteiger partial charge is 0.398 e. The third-order valence-corrected chi connectivity index (χ3v) is 5.38. The van der Waals surface area contributed by atoms with Gasteiger partial charge < -0.3 is 10.6 Å². The first kappa shape index (κ1) is 16.3. The SMILES string of the molecule is CC(C)(C)C1CCCN(C(=O)c2cccc(N)c2Br)CC1. The maximum atomic E-state index is 12.7. The van der Waals surface area contributed by atoms with Crippen LogP contribution in [-0.2, 0) is 0 Å². The van der Waals surface area contributed by atoms with E-state index in [0.29, 0.717) is 27.1 Å². The smallest absolute Gasteiger partial charge is 0.255 e. The van der Waals surface area contributed by atoms with Gasteiger partial charge in [-0.15, -0.1) is 0 Å². The van der Waals surface area contributed by atoms with Crippen molar-refractivity contribution >= 4 is 27.5 Å². The molecule has 0 bridgehead atoms. The molecule has 1 aromatic carbocycles. The van der Waals surface area contributed by atoms with Gasteiger partial charge in [0, 0.05) is 18.8 Å². The molecule has 1 aliphatic heterocycles. The molecule has 4 heteroatoms. The van der Waals surface area contributed by atoms with Gasteiger partial charge in [0.2, 0.25) is 0 Å². The molecule has 0 aliphatic carbocycles. The Hall–Kier alpha value is -1.03. The standard InChI is InChI=1S/C17H25BrN2O/c1-17(2,3)12-6-5-10-20(11-9-12)16(21)13-7-4-8-14(19)15(13)18/h4,7-8,12H,5-6,9-11,19H2,1-3H3. The number of carbonyl (C=O) groups is 1. The predicted octanol–water partition coefficient (Wildman–Crippen LogP) is 4.32. The first-order valence-electron chi connectivity index (χ1n) is 7.64. The Balaban J connectivity index is 2.12. The Morgan fingerprint density at radius 2 is 2.00 bits per heavy atom. The number of carbonyl (C=O) groups excluding carboxylic acids is 1. The van der Waals surface area contributed by atoms with E-state index in [9.17, 15) is 4.79 Å². The van der Waals surface area contributed by atoms with Crippen LogP contribution < -0.4 is 5.73 Å². The topological polar surface area (TPSA) is 46.3 Å². The minimum atomic E-state index is 0.0868. The van der Waals surface area contributed by atoms with Gasteiger partial charge in [-0.05, 0) is 58.7 Å². The highest BCUT2D eigenvalue weighted by Gasteiger charge is 2.29. The molecule has 1 saturated heterocycles. The van der Waals surface area contributed by atoms with Gasteiger partial charge in [-0.1, -0.05) is 26.8 Å². The lowest BCUT2D eigenvalue weighted by Gasteiger charge is -2.29. The predicted molar refractivity (Wildman–Crippen MR) is 91.3 cm³/mol. The van der Waals surface area contributed by atoms with Gasteiger partial charge in [-0.2, -0.15) is 0 Å². The van der Waals surface area contributed by atoms with E-state index in [1.54, 1.807) is 6.07 Å². The van der Waals surface area contributed by atoms with Crippen LogP contribution in [0.5, 0.6) is 0 Å². The summed E-state index contributed by atoms with van der Waals surface area (Å²) in [5.74, 6) is 0.767. The fourth-order valence-electron chi connectivity index (χ4n) is 3.05. The number of rotatable bonds is 1. The van der Waals surface area contributed by atoms with Gasteiger partial charge in [0.1, 0.15) is 0 Å². The lowest BCUT2D eigenvalue weighted by molar-refractivity contribution is 0.0755. The third kappa shape index (κ3) is 3.79. The second-order valence-electron chi connectivity index (χ2n) is 6.99. The van der Waals surface area contributed by atoms with Crippen LogP contribution in [0.2, 0.25) is 0 Å². The van der Waals surface area contributed by atoms with Gasteiger partial charge in [-0.25, -0.2) is 0 Å². The maximum Gasteiger partial charge on any atom is 0.255 e. The Bertz CT molecular complexity index is 522. The zero-order chi connectivity index (χ0) is 15.6. The van der Waals surface area contributed by atoms with E-state index < -0.39 is 0 Å². The van der Waals surface area contributed by atoms with Crippen LogP contribution in [0.25, 0.3) is 0 Å². The number of amides is 1. The Kier molecular flexibility index (Phi) is 4.97. The second-order valence-corrected chi connectivity index (χ2v) is 7.79. The molecule has 0 saturated carbocycles. The number of halogens is 1. The fourth-order valence-corrected chi connectivity index (χ4v) is 3.48. The molecule has 1 heterocycles. The number of nitrogen functional groups attached to an aromatic ring is 1. The van der Waals surface area contributed by atoms with Gasteiger partial charge in [0.05, 0.1) is 10.0 Å². The van der Waals surface area contributed by atoms with Crippen molar-refractivity contribution in [1.29, 1.82) is 0 Å². The molecule has 2 N–H and O–H groups in total. The van der Waals surface area contributed by atoms with Crippen molar-refractivity contribution in [3.63, 3.8) is 0 Å². The van der Waals surface area contributed by atoms with E-state index >= 15 is 0 Å². The minimum absolute atomic E-state index is 0.0868. The van der Waals surface area contributed by atoms with E-state index in [4.69, 9.17) is 5.73 Å². The zero-order valence-corrected chi connectivity index (χ0v) is 14.7. The number of nitrogens with zero attached hydrogens (tertiary/aromatic N) is 1. The molecule has 1 unspecified atom stereocenters. The molecular formula is C17H25BrN2O. The molecule has 1 fully saturated rings. The fraction of sp³-hybridized carbons (Fsp3) is 0.588. The van der Waals surface area contributed by atoms with Crippen molar-refractivity contribution in [2.75, 3.05) is 18.8 Å². The van der Waals surface area contributed by atoms with Crippen LogP contribution in [0.3, 0.4) is 0 Å². The molecule has 3 nitrogen and oxygen atoms in total. The van der Waals surface area contributed by atoms with Crippen molar-refractivity contribution < 1.29 is 4.79 Å². The van der Waals surface area contributed by atoms with Gasteiger partial charge >= 0.3 is 0 Å². The second kappa shape index (κ2) is 6.39. The minimum Gasteiger partial charge on any atom is -0.398 e. The lowest BCUT2D eigenvalue weighted by Crippen LogP contribution is -2.32. The van der Waals surface area contributed by atoms with Crippen molar-refractivity contribution in [3.05, 3.63) is 28.2 Å². The Morgan fingerprint density at radius 3 is 2.67 bits per heavy atom. The van der Waals surface area contributed by atoms with E-state index in [1.165, 1.54) is 6.42 Å².